The van der Waals surface area contributed by atoms with E-state index >= 15 is 0 Å². The topological polar surface area (TPSA) is 43.0 Å². The zero-order chi connectivity index (χ0) is 14.9. The van der Waals surface area contributed by atoms with E-state index in [4.69, 9.17) is 4.42 Å². The maximum Gasteiger partial charge on any atom is 0.105 e. The Morgan fingerprint density at radius 3 is 2.55 bits per heavy atom. The van der Waals surface area contributed by atoms with Crippen LogP contribution in [0.1, 0.15) is 61.1 Å². The summed E-state index contributed by atoms with van der Waals surface area (Å²) in [6.07, 6.45) is 2.10. The number of aryl methyl sites for hydroxylation is 3. The molecular weight excluding hydrogens is 250 g/mol. The number of rotatable bonds is 5. The first-order valence-corrected chi connectivity index (χ1v) is 7.21. The molecule has 0 bridgehead atoms. The molecule has 0 aliphatic carbocycles. The van der Waals surface area contributed by atoms with Crippen molar-refractivity contribution in [3.8, 4) is 0 Å². The lowest BCUT2D eigenvalue weighted by Crippen LogP contribution is -2.19. The standard InChI is InChI=1S/C16H25N3O/c1-10(2)16-14(9-19(6)18-16)8-17-12(4)15-7-11(3)20-13(15)5/h7,9-10,12,17H,8H2,1-6H3. The molecule has 0 aliphatic rings. The van der Waals surface area contributed by atoms with Gasteiger partial charge in [-0.2, -0.15) is 5.10 Å². The summed E-state index contributed by atoms with van der Waals surface area (Å²) in [5.74, 6) is 2.41. The Labute approximate surface area is 121 Å². The van der Waals surface area contributed by atoms with E-state index in [0.29, 0.717) is 5.92 Å². The number of furan rings is 1. The average molecular weight is 275 g/mol. The van der Waals surface area contributed by atoms with Crippen molar-refractivity contribution in [3.05, 3.63) is 40.6 Å². The smallest absolute Gasteiger partial charge is 0.105 e. The SMILES string of the molecule is Cc1cc(C(C)NCc2cn(C)nc2C(C)C)c(C)o1. The van der Waals surface area contributed by atoms with Gasteiger partial charge < -0.3 is 9.73 Å². The van der Waals surface area contributed by atoms with Crippen molar-refractivity contribution >= 4 is 0 Å². The minimum atomic E-state index is 0.271. The van der Waals surface area contributed by atoms with Gasteiger partial charge in [-0.1, -0.05) is 13.8 Å². The van der Waals surface area contributed by atoms with Gasteiger partial charge >= 0.3 is 0 Å². The van der Waals surface area contributed by atoms with Crippen LogP contribution in [0.4, 0.5) is 0 Å². The van der Waals surface area contributed by atoms with Gasteiger partial charge in [-0.05, 0) is 32.8 Å². The molecule has 1 N–H and O–H groups in total. The summed E-state index contributed by atoms with van der Waals surface area (Å²) in [6.45, 7) is 11.4. The van der Waals surface area contributed by atoms with Crippen LogP contribution < -0.4 is 5.32 Å². The van der Waals surface area contributed by atoms with E-state index in [9.17, 15) is 0 Å². The first-order chi connectivity index (χ1) is 9.38. The van der Waals surface area contributed by atoms with E-state index in [-0.39, 0.29) is 6.04 Å². The largest absolute Gasteiger partial charge is 0.466 e. The molecule has 20 heavy (non-hydrogen) atoms. The third-order valence-electron chi connectivity index (χ3n) is 3.63. The molecule has 2 rings (SSSR count). The average Bonchev–Trinajstić information content (AvgIpc) is 2.89. The predicted octanol–water partition coefficient (Wildman–Crippen LogP) is 3.60. The maximum absolute atomic E-state index is 5.60. The van der Waals surface area contributed by atoms with E-state index in [1.165, 1.54) is 16.8 Å². The second-order valence-corrected chi connectivity index (χ2v) is 5.84. The van der Waals surface area contributed by atoms with Crippen LogP contribution in [-0.4, -0.2) is 9.78 Å². The lowest BCUT2D eigenvalue weighted by atomic mass is 10.1. The fraction of sp³-hybridized carbons (Fsp3) is 0.562. The summed E-state index contributed by atoms with van der Waals surface area (Å²) in [6, 6.07) is 2.38. The number of nitrogens with one attached hydrogen (secondary N) is 1. The first-order valence-electron chi connectivity index (χ1n) is 7.21. The van der Waals surface area contributed by atoms with Crippen molar-refractivity contribution in [2.75, 3.05) is 0 Å². The van der Waals surface area contributed by atoms with Gasteiger partial charge in [-0.15, -0.1) is 0 Å². The van der Waals surface area contributed by atoms with E-state index in [1.807, 2.05) is 25.6 Å². The molecule has 2 aromatic heterocycles. The second-order valence-electron chi connectivity index (χ2n) is 5.84. The van der Waals surface area contributed by atoms with Crippen LogP contribution in [0, 0.1) is 13.8 Å². The molecule has 0 aliphatic heterocycles. The van der Waals surface area contributed by atoms with Crippen molar-refractivity contribution in [2.24, 2.45) is 7.05 Å². The molecule has 0 aromatic carbocycles. The first kappa shape index (κ1) is 14.9. The molecule has 0 fully saturated rings. The Morgan fingerprint density at radius 1 is 1.30 bits per heavy atom. The Bertz CT molecular complexity index is 581. The highest BCUT2D eigenvalue weighted by Gasteiger charge is 2.15. The van der Waals surface area contributed by atoms with Crippen molar-refractivity contribution < 1.29 is 4.42 Å². The molecule has 0 amide bonds. The summed E-state index contributed by atoms with van der Waals surface area (Å²) < 4.78 is 7.49. The minimum absolute atomic E-state index is 0.271. The van der Waals surface area contributed by atoms with Crippen LogP contribution in [0.3, 0.4) is 0 Å². The fourth-order valence-electron chi connectivity index (χ4n) is 2.63. The number of hydrogen-bond acceptors (Lipinski definition) is 3. The zero-order valence-corrected chi connectivity index (χ0v) is 13.3. The van der Waals surface area contributed by atoms with Crippen LogP contribution in [0.25, 0.3) is 0 Å². The van der Waals surface area contributed by atoms with Crippen molar-refractivity contribution in [3.63, 3.8) is 0 Å². The highest BCUT2D eigenvalue weighted by atomic mass is 16.3. The zero-order valence-electron chi connectivity index (χ0n) is 13.3. The third kappa shape index (κ3) is 3.12. The number of aromatic nitrogens is 2. The van der Waals surface area contributed by atoms with Gasteiger partial charge in [-0.3, -0.25) is 4.68 Å². The van der Waals surface area contributed by atoms with E-state index in [0.717, 1.165) is 18.1 Å². The normalized spacial score (nSPS) is 13.2. The molecule has 0 spiro atoms. The molecule has 1 unspecified atom stereocenters. The van der Waals surface area contributed by atoms with Gasteiger partial charge in [0.1, 0.15) is 11.5 Å². The molecule has 1 atom stereocenters. The van der Waals surface area contributed by atoms with Crippen LogP contribution in [0.5, 0.6) is 0 Å². The summed E-state index contributed by atoms with van der Waals surface area (Å²) in [5.41, 5.74) is 3.68. The maximum atomic E-state index is 5.60. The van der Waals surface area contributed by atoms with Gasteiger partial charge in [0.05, 0.1) is 5.69 Å². The Morgan fingerprint density at radius 2 is 2.00 bits per heavy atom. The molecular formula is C16H25N3O. The van der Waals surface area contributed by atoms with Crippen molar-refractivity contribution in [2.45, 2.75) is 53.1 Å². The van der Waals surface area contributed by atoms with Crippen LogP contribution >= 0.6 is 0 Å². The van der Waals surface area contributed by atoms with Gasteiger partial charge in [0.2, 0.25) is 0 Å². The summed E-state index contributed by atoms with van der Waals surface area (Å²) >= 11 is 0. The summed E-state index contributed by atoms with van der Waals surface area (Å²) in [4.78, 5) is 0. The summed E-state index contributed by atoms with van der Waals surface area (Å²) in [7, 11) is 1.97. The lowest BCUT2D eigenvalue weighted by Gasteiger charge is -2.13. The quantitative estimate of drug-likeness (QED) is 0.906. The second kappa shape index (κ2) is 5.83. The Balaban J connectivity index is 2.07. The molecule has 4 heteroatoms. The highest BCUT2D eigenvalue weighted by Crippen LogP contribution is 2.23. The van der Waals surface area contributed by atoms with Gasteiger partial charge in [0.25, 0.3) is 0 Å². The van der Waals surface area contributed by atoms with E-state index in [2.05, 4.69) is 43.4 Å². The van der Waals surface area contributed by atoms with Crippen molar-refractivity contribution in [1.82, 2.24) is 15.1 Å². The van der Waals surface area contributed by atoms with Crippen LogP contribution in [-0.2, 0) is 13.6 Å². The monoisotopic (exact) mass is 275 g/mol. The minimum Gasteiger partial charge on any atom is -0.466 e. The fourth-order valence-corrected chi connectivity index (χ4v) is 2.63. The number of hydrogen-bond donors (Lipinski definition) is 1. The Kier molecular flexibility index (Phi) is 4.33. The third-order valence-corrected chi connectivity index (χ3v) is 3.63. The Hall–Kier alpha value is -1.55. The lowest BCUT2D eigenvalue weighted by molar-refractivity contribution is 0.489. The van der Waals surface area contributed by atoms with Crippen LogP contribution in [0.2, 0.25) is 0 Å². The molecule has 2 heterocycles. The van der Waals surface area contributed by atoms with Gasteiger partial charge in [0.15, 0.2) is 0 Å². The highest BCUT2D eigenvalue weighted by molar-refractivity contribution is 5.24. The number of nitrogens with zero attached hydrogens (tertiary/aromatic N) is 2. The van der Waals surface area contributed by atoms with Crippen LogP contribution in [0.15, 0.2) is 16.7 Å². The molecule has 0 saturated carbocycles. The molecule has 2 aromatic rings. The van der Waals surface area contributed by atoms with Gasteiger partial charge in [0, 0.05) is 37.0 Å². The molecule has 110 valence electrons. The van der Waals surface area contributed by atoms with E-state index < -0.39 is 0 Å². The van der Waals surface area contributed by atoms with Gasteiger partial charge in [-0.25, -0.2) is 0 Å². The van der Waals surface area contributed by atoms with Crippen molar-refractivity contribution in [1.29, 1.82) is 0 Å². The predicted molar refractivity (Wildman–Crippen MR) is 80.7 cm³/mol. The summed E-state index contributed by atoms with van der Waals surface area (Å²) in [5, 5.41) is 8.11. The van der Waals surface area contributed by atoms with E-state index in [1.54, 1.807) is 0 Å². The molecule has 0 saturated heterocycles. The molecule has 0 radical (unpaired) electrons. The molecule has 4 nitrogen and oxygen atoms in total.